The van der Waals surface area contributed by atoms with Gasteiger partial charge >= 0.3 is 0 Å². The van der Waals surface area contributed by atoms with E-state index in [4.69, 9.17) is 4.52 Å². The number of hydrogen-bond acceptors (Lipinski definition) is 5. The zero-order chi connectivity index (χ0) is 18.1. The number of nitrogens with one attached hydrogen (secondary N) is 1. The van der Waals surface area contributed by atoms with Gasteiger partial charge < -0.3 is 14.7 Å². The Labute approximate surface area is 151 Å². The second kappa shape index (κ2) is 7.15. The Balaban J connectivity index is 1.45. The highest BCUT2D eigenvalue weighted by atomic mass is 19.1. The smallest absolute Gasteiger partial charge is 0.231 e. The number of likely N-dealkylation sites (tertiary alicyclic amines) is 1. The van der Waals surface area contributed by atoms with Gasteiger partial charge in [-0.1, -0.05) is 24.2 Å². The summed E-state index contributed by atoms with van der Waals surface area (Å²) in [4.78, 5) is 19.2. The predicted octanol–water partition coefficient (Wildman–Crippen LogP) is 2.44. The summed E-state index contributed by atoms with van der Waals surface area (Å²) in [5.74, 6) is 1.31. The van der Waals surface area contributed by atoms with Crippen molar-refractivity contribution in [3.8, 4) is 11.4 Å². The minimum absolute atomic E-state index is 0.0363. The maximum Gasteiger partial charge on any atom is 0.231 e. The number of amides is 1. The average molecular weight is 358 g/mol. The topological polar surface area (TPSA) is 71.3 Å². The molecule has 2 atom stereocenters. The number of nitrogens with zero attached hydrogens (tertiary/aromatic N) is 3. The van der Waals surface area contributed by atoms with Crippen LogP contribution in [0.5, 0.6) is 0 Å². The van der Waals surface area contributed by atoms with Crippen LogP contribution in [0.2, 0.25) is 0 Å². The molecule has 2 fully saturated rings. The van der Waals surface area contributed by atoms with Crippen LogP contribution in [0.25, 0.3) is 11.4 Å². The van der Waals surface area contributed by atoms with Crippen molar-refractivity contribution in [2.24, 2.45) is 11.8 Å². The largest absolute Gasteiger partial charge is 0.342 e. The fraction of sp³-hybridized carbons (Fsp3) is 0.526. The number of carbonyl (C=O) groups excluding carboxylic acids is 1. The molecule has 2 aliphatic rings. The van der Waals surface area contributed by atoms with Crippen LogP contribution in [0.15, 0.2) is 28.8 Å². The van der Waals surface area contributed by atoms with Gasteiger partial charge in [0.1, 0.15) is 5.82 Å². The van der Waals surface area contributed by atoms with Crippen LogP contribution in [0, 0.1) is 17.7 Å². The number of aromatic nitrogens is 2. The predicted molar refractivity (Wildman–Crippen MR) is 93.8 cm³/mol. The van der Waals surface area contributed by atoms with Gasteiger partial charge in [0.05, 0.1) is 5.92 Å². The molecule has 2 aromatic rings. The van der Waals surface area contributed by atoms with Gasteiger partial charge in [-0.05, 0) is 44.0 Å². The molecule has 2 unspecified atom stereocenters. The number of halogens is 1. The maximum absolute atomic E-state index is 13.4. The summed E-state index contributed by atoms with van der Waals surface area (Å²) < 4.78 is 18.8. The van der Waals surface area contributed by atoms with Crippen molar-refractivity contribution < 1.29 is 13.7 Å². The van der Waals surface area contributed by atoms with Gasteiger partial charge in [-0.2, -0.15) is 4.98 Å². The highest BCUT2D eigenvalue weighted by Crippen LogP contribution is 2.29. The molecule has 26 heavy (non-hydrogen) atoms. The first kappa shape index (κ1) is 17.1. The molecule has 1 aromatic heterocycles. The van der Waals surface area contributed by atoms with E-state index in [9.17, 15) is 9.18 Å². The number of piperidine rings is 1. The third-order valence-electron chi connectivity index (χ3n) is 5.52. The molecule has 3 heterocycles. The molecule has 0 aliphatic carbocycles. The van der Waals surface area contributed by atoms with E-state index < -0.39 is 0 Å². The molecule has 0 saturated carbocycles. The Morgan fingerprint density at radius 1 is 1.42 bits per heavy atom. The minimum Gasteiger partial charge on any atom is -0.342 e. The van der Waals surface area contributed by atoms with E-state index in [0.29, 0.717) is 29.7 Å². The fourth-order valence-electron chi connectivity index (χ4n) is 3.68. The summed E-state index contributed by atoms with van der Waals surface area (Å²) in [7, 11) is 0. The first-order valence-corrected chi connectivity index (χ1v) is 9.21. The molecule has 2 saturated heterocycles. The summed E-state index contributed by atoms with van der Waals surface area (Å²) in [5, 5.41) is 7.22. The Morgan fingerprint density at radius 2 is 2.27 bits per heavy atom. The Morgan fingerprint density at radius 3 is 3.00 bits per heavy atom. The van der Waals surface area contributed by atoms with E-state index in [1.165, 1.54) is 12.1 Å². The summed E-state index contributed by atoms with van der Waals surface area (Å²) in [6.45, 7) is 5.25. The van der Waals surface area contributed by atoms with Crippen LogP contribution < -0.4 is 5.32 Å². The average Bonchev–Trinajstić information content (AvgIpc) is 3.10. The quantitative estimate of drug-likeness (QED) is 0.909. The lowest BCUT2D eigenvalue weighted by Gasteiger charge is -2.37. The van der Waals surface area contributed by atoms with Crippen LogP contribution in [-0.2, 0) is 4.79 Å². The van der Waals surface area contributed by atoms with E-state index >= 15 is 0 Å². The number of benzene rings is 1. The van der Waals surface area contributed by atoms with Crippen molar-refractivity contribution in [2.45, 2.75) is 25.7 Å². The SMILES string of the molecule is CC(C(=O)N1CCCC(c2nc(-c3cccc(F)c3)no2)C1)C1CNC1. The third kappa shape index (κ3) is 3.35. The lowest BCUT2D eigenvalue weighted by atomic mass is 9.87. The Hall–Kier alpha value is -2.28. The summed E-state index contributed by atoms with van der Waals surface area (Å²) in [6, 6.07) is 6.15. The van der Waals surface area contributed by atoms with Gasteiger partial charge in [-0.3, -0.25) is 4.79 Å². The molecule has 1 amide bonds. The van der Waals surface area contributed by atoms with Gasteiger partial charge in [-0.25, -0.2) is 4.39 Å². The van der Waals surface area contributed by atoms with Crippen molar-refractivity contribution in [3.63, 3.8) is 0 Å². The van der Waals surface area contributed by atoms with Gasteiger partial charge in [0.2, 0.25) is 17.6 Å². The van der Waals surface area contributed by atoms with E-state index in [-0.39, 0.29) is 23.6 Å². The molecule has 7 heteroatoms. The lowest BCUT2D eigenvalue weighted by Crippen LogP contribution is -2.51. The Bertz CT molecular complexity index is 789. The molecule has 138 valence electrons. The van der Waals surface area contributed by atoms with E-state index in [1.807, 2.05) is 11.8 Å². The van der Waals surface area contributed by atoms with Crippen molar-refractivity contribution >= 4 is 5.91 Å². The van der Waals surface area contributed by atoms with E-state index in [2.05, 4.69) is 15.5 Å². The first-order chi connectivity index (χ1) is 12.6. The standard InChI is InChI=1S/C19H23FN4O2/c1-12(15-9-21-10-15)19(25)24-7-3-5-14(11-24)18-22-17(23-26-18)13-4-2-6-16(20)8-13/h2,4,6,8,12,14-15,21H,3,5,7,9-11H2,1H3. The molecule has 0 bridgehead atoms. The van der Waals surface area contributed by atoms with Gasteiger partial charge in [0.25, 0.3) is 0 Å². The van der Waals surface area contributed by atoms with Crippen LogP contribution >= 0.6 is 0 Å². The number of carbonyl (C=O) groups is 1. The van der Waals surface area contributed by atoms with Crippen molar-refractivity contribution in [1.82, 2.24) is 20.4 Å². The number of hydrogen-bond donors (Lipinski definition) is 1. The van der Waals surface area contributed by atoms with Gasteiger partial charge in [-0.15, -0.1) is 0 Å². The van der Waals surface area contributed by atoms with Crippen LogP contribution in [0.3, 0.4) is 0 Å². The molecule has 4 rings (SSSR count). The van der Waals surface area contributed by atoms with Crippen molar-refractivity contribution in [1.29, 1.82) is 0 Å². The molecule has 2 aliphatic heterocycles. The Kier molecular flexibility index (Phi) is 4.72. The summed E-state index contributed by atoms with van der Waals surface area (Å²) in [5.41, 5.74) is 0.592. The van der Waals surface area contributed by atoms with Gasteiger partial charge in [0, 0.05) is 24.6 Å². The molecule has 0 radical (unpaired) electrons. The zero-order valence-electron chi connectivity index (χ0n) is 14.8. The van der Waals surface area contributed by atoms with Crippen molar-refractivity contribution in [2.75, 3.05) is 26.2 Å². The summed E-state index contributed by atoms with van der Waals surface area (Å²) >= 11 is 0. The second-order valence-electron chi connectivity index (χ2n) is 7.30. The monoisotopic (exact) mass is 358 g/mol. The van der Waals surface area contributed by atoms with Crippen molar-refractivity contribution in [3.05, 3.63) is 36.0 Å². The van der Waals surface area contributed by atoms with Crippen LogP contribution in [0.1, 0.15) is 31.6 Å². The molecular formula is C19H23FN4O2. The van der Waals surface area contributed by atoms with E-state index in [0.717, 1.165) is 32.5 Å². The van der Waals surface area contributed by atoms with Gasteiger partial charge in [0.15, 0.2) is 0 Å². The maximum atomic E-state index is 13.4. The lowest BCUT2D eigenvalue weighted by molar-refractivity contribution is -0.138. The van der Waals surface area contributed by atoms with E-state index in [1.54, 1.807) is 12.1 Å². The summed E-state index contributed by atoms with van der Waals surface area (Å²) in [6.07, 6.45) is 1.83. The second-order valence-corrected chi connectivity index (χ2v) is 7.30. The third-order valence-corrected chi connectivity index (χ3v) is 5.52. The van der Waals surface area contributed by atoms with Crippen LogP contribution in [-0.4, -0.2) is 47.1 Å². The molecule has 1 N–H and O–H groups in total. The molecule has 0 spiro atoms. The minimum atomic E-state index is -0.331. The van der Waals surface area contributed by atoms with Crippen LogP contribution in [0.4, 0.5) is 4.39 Å². The highest BCUT2D eigenvalue weighted by molar-refractivity contribution is 5.79. The normalized spacial score (nSPS) is 22.1. The zero-order valence-corrected chi connectivity index (χ0v) is 14.8. The fourth-order valence-corrected chi connectivity index (χ4v) is 3.68. The molecule has 1 aromatic carbocycles. The number of rotatable bonds is 4. The molecule has 6 nitrogen and oxygen atoms in total. The first-order valence-electron chi connectivity index (χ1n) is 9.21. The molecular weight excluding hydrogens is 335 g/mol. The highest BCUT2D eigenvalue weighted by Gasteiger charge is 2.35.